The van der Waals surface area contributed by atoms with Crippen molar-refractivity contribution in [3.8, 4) is 0 Å². The molecule has 1 unspecified atom stereocenters. The molecule has 2 N–H and O–H groups in total. The Labute approximate surface area is 211 Å². The lowest BCUT2D eigenvalue weighted by atomic mass is 9.80. The van der Waals surface area contributed by atoms with Crippen molar-refractivity contribution in [1.82, 2.24) is 4.90 Å². The van der Waals surface area contributed by atoms with E-state index in [0.29, 0.717) is 50.3 Å². The largest absolute Gasteiger partial charge is 0.416 e. The Kier molecular flexibility index (Phi) is 7.79. The Balaban J connectivity index is 1.57. The summed E-state index contributed by atoms with van der Waals surface area (Å²) >= 11 is 0. The lowest BCUT2D eigenvalue weighted by molar-refractivity contribution is -0.385. The van der Waals surface area contributed by atoms with Gasteiger partial charge in [0.1, 0.15) is 5.82 Å². The zero-order chi connectivity index (χ0) is 26.6. The highest BCUT2D eigenvalue weighted by Gasteiger charge is 2.39. The third kappa shape index (κ3) is 6.64. The fourth-order valence-electron chi connectivity index (χ4n) is 4.92. The predicted octanol–water partition coefficient (Wildman–Crippen LogP) is 5.79. The van der Waals surface area contributed by atoms with Crippen LogP contribution in [0.5, 0.6) is 0 Å². The maximum absolute atomic E-state index is 13.3. The highest BCUT2D eigenvalue weighted by atomic mass is 19.4. The van der Waals surface area contributed by atoms with Crippen LogP contribution in [-0.4, -0.2) is 34.6 Å². The van der Waals surface area contributed by atoms with E-state index in [1.54, 1.807) is 24.3 Å². The molecule has 37 heavy (non-hydrogen) atoms. The van der Waals surface area contributed by atoms with E-state index >= 15 is 0 Å². The van der Waals surface area contributed by atoms with Crippen molar-refractivity contribution in [2.75, 3.05) is 25.0 Å². The van der Waals surface area contributed by atoms with Crippen molar-refractivity contribution in [2.45, 2.75) is 32.2 Å². The zero-order valence-corrected chi connectivity index (χ0v) is 20.0. The molecule has 1 heterocycles. The van der Waals surface area contributed by atoms with Gasteiger partial charge in [-0.2, -0.15) is 13.2 Å². The fraction of sp³-hybridized carbons (Fsp3) is 0.333. The molecule has 0 saturated carbocycles. The van der Waals surface area contributed by atoms with Gasteiger partial charge in [-0.15, -0.1) is 0 Å². The molecule has 1 atom stereocenters. The first-order valence-electron chi connectivity index (χ1n) is 11.8. The predicted molar refractivity (Wildman–Crippen MR) is 131 cm³/mol. The highest BCUT2D eigenvalue weighted by molar-refractivity contribution is 5.55. The SMILES string of the molecule is O=[N+]([O-])c1cc(NCC2(Cc3cccc(C(F)(F)F)c3)CCN(Cc3ccc(F)cc3)C2)ccc1CO. The number of aliphatic hydroxyl groups excluding tert-OH is 1. The summed E-state index contributed by atoms with van der Waals surface area (Å²) in [5.74, 6) is -0.324. The Morgan fingerprint density at radius 2 is 1.81 bits per heavy atom. The standard InChI is InChI=1S/C27H27F4N3O3/c28-23-7-4-19(5-8-23)15-33-11-10-26(18-33,14-20-2-1-3-22(12-20)27(29,30)31)17-32-24-9-6-21(16-35)25(13-24)34(36)37/h1-9,12-13,32,35H,10-11,14-18H2. The van der Waals surface area contributed by atoms with E-state index in [1.165, 1.54) is 36.4 Å². The first-order valence-corrected chi connectivity index (χ1v) is 11.8. The molecule has 1 fully saturated rings. The van der Waals surface area contributed by atoms with Crippen LogP contribution in [0.2, 0.25) is 0 Å². The molecule has 4 rings (SSSR count). The Morgan fingerprint density at radius 3 is 2.49 bits per heavy atom. The lowest BCUT2D eigenvalue weighted by Gasteiger charge is -2.31. The van der Waals surface area contributed by atoms with Gasteiger partial charge in [0.25, 0.3) is 5.69 Å². The smallest absolute Gasteiger partial charge is 0.391 e. The molecule has 10 heteroatoms. The lowest BCUT2D eigenvalue weighted by Crippen LogP contribution is -2.35. The second-order valence-corrected chi connectivity index (χ2v) is 9.57. The maximum Gasteiger partial charge on any atom is 0.416 e. The Bertz CT molecular complexity index is 1250. The number of hydrogen-bond donors (Lipinski definition) is 2. The molecule has 1 aliphatic heterocycles. The van der Waals surface area contributed by atoms with Gasteiger partial charge in [0.05, 0.1) is 22.7 Å². The number of likely N-dealkylation sites (tertiary alicyclic amines) is 1. The van der Waals surface area contributed by atoms with Crippen molar-refractivity contribution in [1.29, 1.82) is 0 Å². The van der Waals surface area contributed by atoms with Crippen LogP contribution in [0.3, 0.4) is 0 Å². The molecule has 6 nitrogen and oxygen atoms in total. The van der Waals surface area contributed by atoms with Gasteiger partial charge in [-0.05, 0) is 60.8 Å². The number of nitrogens with zero attached hydrogens (tertiary/aromatic N) is 2. The molecule has 0 amide bonds. The average Bonchev–Trinajstić information content (AvgIpc) is 3.26. The summed E-state index contributed by atoms with van der Waals surface area (Å²) in [5, 5.41) is 24.0. The molecule has 0 radical (unpaired) electrons. The summed E-state index contributed by atoms with van der Waals surface area (Å²) in [6.45, 7) is 1.75. The van der Waals surface area contributed by atoms with E-state index in [-0.39, 0.29) is 17.1 Å². The molecule has 1 aliphatic rings. The van der Waals surface area contributed by atoms with Gasteiger partial charge in [0.15, 0.2) is 0 Å². The molecule has 1 saturated heterocycles. The zero-order valence-electron chi connectivity index (χ0n) is 20.0. The van der Waals surface area contributed by atoms with Crippen LogP contribution in [0.25, 0.3) is 0 Å². The van der Waals surface area contributed by atoms with Crippen molar-refractivity contribution in [3.63, 3.8) is 0 Å². The second-order valence-electron chi connectivity index (χ2n) is 9.57. The van der Waals surface area contributed by atoms with Gasteiger partial charge in [-0.25, -0.2) is 4.39 Å². The van der Waals surface area contributed by atoms with Crippen LogP contribution in [-0.2, 0) is 25.7 Å². The number of halogens is 4. The normalized spacial score (nSPS) is 18.2. The van der Waals surface area contributed by atoms with Crippen LogP contribution in [0.1, 0.15) is 28.7 Å². The quantitative estimate of drug-likeness (QED) is 0.213. The highest BCUT2D eigenvalue weighted by Crippen LogP contribution is 2.37. The van der Waals surface area contributed by atoms with E-state index in [0.717, 1.165) is 11.6 Å². The minimum absolute atomic E-state index is 0.195. The molecule has 0 spiro atoms. The van der Waals surface area contributed by atoms with Crippen LogP contribution in [0.15, 0.2) is 66.7 Å². The minimum atomic E-state index is -4.45. The number of nitro groups is 1. The molecule has 196 valence electrons. The number of nitro benzene ring substituents is 1. The summed E-state index contributed by atoms with van der Waals surface area (Å²) in [6, 6.07) is 16.0. The first-order chi connectivity index (χ1) is 17.6. The summed E-state index contributed by atoms with van der Waals surface area (Å²) in [5.41, 5.74) is 0.814. The van der Waals surface area contributed by atoms with Gasteiger partial charge < -0.3 is 10.4 Å². The van der Waals surface area contributed by atoms with Crippen LogP contribution < -0.4 is 5.32 Å². The number of benzene rings is 3. The Morgan fingerprint density at radius 1 is 1.05 bits per heavy atom. The average molecular weight is 518 g/mol. The van der Waals surface area contributed by atoms with Gasteiger partial charge in [-0.3, -0.25) is 15.0 Å². The summed E-state index contributed by atoms with van der Waals surface area (Å²) in [4.78, 5) is 13.0. The van der Waals surface area contributed by atoms with Crippen molar-refractivity contribution < 1.29 is 27.6 Å². The van der Waals surface area contributed by atoms with E-state index in [9.17, 15) is 32.8 Å². The fourth-order valence-corrected chi connectivity index (χ4v) is 4.92. The molecule has 3 aromatic rings. The van der Waals surface area contributed by atoms with Gasteiger partial charge in [0.2, 0.25) is 0 Å². The number of hydrogen-bond acceptors (Lipinski definition) is 5. The number of rotatable bonds is 9. The molecular weight excluding hydrogens is 490 g/mol. The number of aliphatic hydroxyl groups is 1. The monoisotopic (exact) mass is 517 g/mol. The molecule has 0 bridgehead atoms. The van der Waals surface area contributed by atoms with Gasteiger partial charge in [0, 0.05) is 36.8 Å². The van der Waals surface area contributed by atoms with Crippen LogP contribution in [0.4, 0.5) is 28.9 Å². The summed E-state index contributed by atoms with van der Waals surface area (Å²) < 4.78 is 53.3. The van der Waals surface area contributed by atoms with Crippen molar-refractivity contribution >= 4 is 11.4 Å². The van der Waals surface area contributed by atoms with E-state index in [1.807, 2.05) is 0 Å². The number of alkyl halides is 3. The minimum Gasteiger partial charge on any atom is -0.391 e. The van der Waals surface area contributed by atoms with Crippen LogP contribution >= 0.6 is 0 Å². The summed E-state index contributed by atoms with van der Waals surface area (Å²) in [7, 11) is 0. The third-order valence-electron chi connectivity index (χ3n) is 6.79. The summed E-state index contributed by atoms with van der Waals surface area (Å²) in [6.07, 6.45) is -3.38. The second kappa shape index (κ2) is 10.9. The topological polar surface area (TPSA) is 78.6 Å². The molecular formula is C27H27F4N3O3. The molecule has 0 aromatic heterocycles. The maximum atomic E-state index is 13.3. The third-order valence-corrected chi connectivity index (χ3v) is 6.79. The van der Waals surface area contributed by atoms with E-state index < -0.39 is 28.7 Å². The van der Waals surface area contributed by atoms with Crippen molar-refractivity contribution in [3.05, 3.63) is 105 Å². The first kappa shape index (κ1) is 26.6. The van der Waals surface area contributed by atoms with Gasteiger partial charge >= 0.3 is 6.18 Å². The van der Waals surface area contributed by atoms with Gasteiger partial charge in [-0.1, -0.05) is 30.3 Å². The molecule has 3 aromatic carbocycles. The molecule has 0 aliphatic carbocycles. The number of anilines is 1. The van der Waals surface area contributed by atoms with E-state index in [4.69, 9.17) is 0 Å². The Hall–Kier alpha value is -3.50. The number of nitrogens with one attached hydrogen (secondary N) is 1. The van der Waals surface area contributed by atoms with E-state index in [2.05, 4.69) is 10.2 Å². The van der Waals surface area contributed by atoms with Crippen LogP contribution in [0, 0.1) is 21.3 Å². The van der Waals surface area contributed by atoms with Crippen molar-refractivity contribution in [2.24, 2.45) is 5.41 Å².